The van der Waals surface area contributed by atoms with Gasteiger partial charge in [-0.25, -0.2) is 0 Å². The summed E-state index contributed by atoms with van der Waals surface area (Å²) in [7, 11) is 1.73. The van der Waals surface area contributed by atoms with Gasteiger partial charge in [-0.1, -0.05) is 36.5 Å². The van der Waals surface area contributed by atoms with Crippen molar-refractivity contribution in [2.75, 3.05) is 7.05 Å². The smallest absolute Gasteiger partial charge is 0.267 e. The lowest BCUT2D eigenvalue weighted by Gasteiger charge is -2.25. The van der Waals surface area contributed by atoms with Gasteiger partial charge >= 0.3 is 0 Å². The number of amides is 1. The van der Waals surface area contributed by atoms with Crippen molar-refractivity contribution in [3.05, 3.63) is 40.4 Å². The maximum absolute atomic E-state index is 12.6. The Balaban J connectivity index is 2.27. The fourth-order valence-electron chi connectivity index (χ4n) is 2.11. The number of aromatic hydroxyl groups is 1. The first-order chi connectivity index (χ1) is 9.93. The number of benzene rings is 1. The van der Waals surface area contributed by atoms with Gasteiger partial charge in [-0.05, 0) is 30.4 Å². The third-order valence-corrected chi connectivity index (χ3v) is 4.27. The van der Waals surface area contributed by atoms with Crippen molar-refractivity contribution in [2.24, 2.45) is 0 Å². The number of phenols is 1. The highest BCUT2D eigenvalue weighted by Crippen LogP contribution is 2.29. The highest BCUT2D eigenvalue weighted by atomic mass is 32.1. The summed E-state index contributed by atoms with van der Waals surface area (Å²) in [6.45, 7) is 5.86. The molecule has 1 amide bonds. The number of nitrogens with zero attached hydrogens (tertiary/aromatic N) is 3. The van der Waals surface area contributed by atoms with Crippen molar-refractivity contribution in [3.63, 3.8) is 0 Å². The second kappa shape index (κ2) is 6.22. The zero-order chi connectivity index (χ0) is 15.6. The summed E-state index contributed by atoms with van der Waals surface area (Å²) in [6, 6.07) is 6.81. The van der Waals surface area contributed by atoms with Crippen molar-refractivity contribution < 1.29 is 9.90 Å². The SMILES string of the molecule is CC(C)c1nnsc1C(=O)N(C)C(C)c1ccccc1O. The number of carbonyl (C=O) groups excluding carboxylic acids is 1. The summed E-state index contributed by atoms with van der Waals surface area (Å²) >= 11 is 1.12. The Morgan fingerprint density at radius 3 is 2.57 bits per heavy atom. The predicted octanol–water partition coefficient (Wildman–Crippen LogP) is 3.20. The molecular weight excluding hydrogens is 286 g/mol. The molecule has 1 heterocycles. The molecule has 1 atom stereocenters. The second-order valence-corrected chi connectivity index (χ2v) is 6.05. The van der Waals surface area contributed by atoms with E-state index in [4.69, 9.17) is 0 Å². The van der Waals surface area contributed by atoms with E-state index in [0.717, 1.165) is 22.8 Å². The van der Waals surface area contributed by atoms with Gasteiger partial charge in [0, 0.05) is 12.6 Å². The molecule has 1 N–H and O–H groups in total. The summed E-state index contributed by atoms with van der Waals surface area (Å²) in [6.07, 6.45) is 0. The van der Waals surface area contributed by atoms with Crippen LogP contribution in [0.1, 0.15) is 53.7 Å². The van der Waals surface area contributed by atoms with Crippen LogP contribution in [0.5, 0.6) is 5.75 Å². The van der Waals surface area contributed by atoms with Crippen LogP contribution < -0.4 is 0 Å². The number of para-hydroxylation sites is 1. The first-order valence-corrected chi connectivity index (χ1v) is 7.58. The molecule has 0 bridgehead atoms. The van der Waals surface area contributed by atoms with Crippen LogP contribution in [0, 0.1) is 0 Å². The summed E-state index contributed by atoms with van der Waals surface area (Å²) in [5.41, 5.74) is 1.44. The van der Waals surface area contributed by atoms with Gasteiger partial charge in [0.25, 0.3) is 5.91 Å². The maximum Gasteiger partial charge on any atom is 0.267 e. The maximum atomic E-state index is 12.6. The van der Waals surface area contributed by atoms with E-state index >= 15 is 0 Å². The van der Waals surface area contributed by atoms with E-state index in [2.05, 4.69) is 9.59 Å². The van der Waals surface area contributed by atoms with E-state index < -0.39 is 0 Å². The van der Waals surface area contributed by atoms with Crippen LogP contribution in [0.15, 0.2) is 24.3 Å². The first-order valence-electron chi connectivity index (χ1n) is 6.80. The molecule has 0 saturated heterocycles. The predicted molar refractivity (Wildman–Crippen MR) is 82.6 cm³/mol. The normalized spacial score (nSPS) is 12.4. The molecule has 0 saturated carbocycles. The van der Waals surface area contributed by atoms with Crippen molar-refractivity contribution >= 4 is 17.4 Å². The third-order valence-electron chi connectivity index (χ3n) is 3.54. The molecule has 6 heteroatoms. The molecule has 0 radical (unpaired) electrons. The van der Waals surface area contributed by atoms with Gasteiger partial charge in [-0.15, -0.1) is 5.10 Å². The van der Waals surface area contributed by atoms with Crippen molar-refractivity contribution in [1.29, 1.82) is 0 Å². The molecular formula is C15H19N3O2S. The quantitative estimate of drug-likeness (QED) is 0.942. The van der Waals surface area contributed by atoms with Gasteiger partial charge in [0.1, 0.15) is 10.6 Å². The highest BCUT2D eigenvalue weighted by molar-refractivity contribution is 7.08. The number of carbonyl (C=O) groups is 1. The number of aromatic nitrogens is 2. The summed E-state index contributed by atoms with van der Waals surface area (Å²) in [5.74, 6) is 0.220. The molecule has 0 fully saturated rings. The minimum atomic E-state index is -0.235. The van der Waals surface area contributed by atoms with E-state index in [0.29, 0.717) is 4.88 Å². The summed E-state index contributed by atoms with van der Waals surface area (Å²) < 4.78 is 3.89. The van der Waals surface area contributed by atoms with Gasteiger partial charge in [-0.3, -0.25) is 4.79 Å². The monoisotopic (exact) mass is 305 g/mol. The standard InChI is InChI=1S/C15H19N3O2S/c1-9(2)13-14(21-17-16-13)15(20)18(4)10(3)11-7-5-6-8-12(11)19/h5-10,19H,1-4H3. The zero-order valence-electron chi connectivity index (χ0n) is 12.6. The fraction of sp³-hybridized carbons (Fsp3) is 0.400. The van der Waals surface area contributed by atoms with Crippen LogP contribution in [0.4, 0.5) is 0 Å². The van der Waals surface area contributed by atoms with E-state index in [1.807, 2.05) is 32.9 Å². The molecule has 1 aromatic heterocycles. The minimum Gasteiger partial charge on any atom is -0.508 e. The van der Waals surface area contributed by atoms with Gasteiger partial charge in [0.05, 0.1) is 11.7 Å². The van der Waals surface area contributed by atoms with E-state index in [1.165, 1.54) is 0 Å². The van der Waals surface area contributed by atoms with Crippen molar-refractivity contribution in [2.45, 2.75) is 32.7 Å². The van der Waals surface area contributed by atoms with Gasteiger partial charge in [-0.2, -0.15) is 0 Å². The number of hydrogen-bond donors (Lipinski definition) is 1. The summed E-state index contributed by atoms with van der Waals surface area (Å²) in [5, 5.41) is 14.0. The van der Waals surface area contributed by atoms with Crippen LogP contribution in [0.3, 0.4) is 0 Å². The molecule has 2 rings (SSSR count). The van der Waals surface area contributed by atoms with E-state index in [-0.39, 0.29) is 23.6 Å². The highest BCUT2D eigenvalue weighted by Gasteiger charge is 2.26. The van der Waals surface area contributed by atoms with Gasteiger partial charge < -0.3 is 10.0 Å². The van der Waals surface area contributed by atoms with Crippen molar-refractivity contribution in [1.82, 2.24) is 14.5 Å². The lowest BCUT2D eigenvalue weighted by molar-refractivity contribution is 0.0744. The molecule has 5 nitrogen and oxygen atoms in total. The second-order valence-electron chi connectivity index (χ2n) is 5.29. The first kappa shape index (κ1) is 15.4. The molecule has 0 aliphatic heterocycles. The molecule has 1 aromatic carbocycles. The Kier molecular flexibility index (Phi) is 4.57. The number of rotatable bonds is 4. The van der Waals surface area contributed by atoms with Gasteiger partial charge in [0.2, 0.25) is 0 Å². The summed E-state index contributed by atoms with van der Waals surface area (Å²) in [4.78, 5) is 14.8. The zero-order valence-corrected chi connectivity index (χ0v) is 13.4. The Labute approximate surface area is 128 Å². The van der Waals surface area contributed by atoms with Crippen molar-refractivity contribution in [3.8, 4) is 5.75 Å². The lowest BCUT2D eigenvalue weighted by atomic mass is 10.1. The molecule has 1 unspecified atom stereocenters. The Bertz CT molecular complexity index is 639. The van der Waals surface area contributed by atoms with Gasteiger partial charge in [0.15, 0.2) is 0 Å². The largest absolute Gasteiger partial charge is 0.508 e. The fourth-order valence-corrected chi connectivity index (χ4v) is 2.91. The van der Waals surface area contributed by atoms with E-state index in [1.54, 1.807) is 24.1 Å². The van der Waals surface area contributed by atoms with Crippen LogP contribution in [0.25, 0.3) is 0 Å². The Hall–Kier alpha value is -1.95. The Morgan fingerprint density at radius 1 is 1.29 bits per heavy atom. The number of hydrogen-bond acceptors (Lipinski definition) is 5. The topological polar surface area (TPSA) is 66.3 Å². The minimum absolute atomic E-state index is 0.121. The van der Waals surface area contributed by atoms with Crippen LogP contribution in [-0.2, 0) is 0 Å². The molecule has 0 aliphatic carbocycles. The average molecular weight is 305 g/mol. The molecule has 112 valence electrons. The number of phenolic OH excluding ortho intramolecular Hbond substituents is 1. The Morgan fingerprint density at radius 2 is 1.95 bits per heavy atom. The van der Waals surface area contributed by atoms with Crippen LogP contribution in [-0.4, -0.2) is 32.5 Å². The van der Waals surface area contributed by atoms with Crippen LogP contribution >= 0.6 is 11.5 Å². The van der Waals surface area contributed by atoms with Crippen LogP contribution in [0.2, 0.25) is 0 Å². The third kappa shape index (κ3) is 3.05. The van der Waals surface area contributed by atoms with E-state index in [9.17, 15) is 9.90 Å². The molecule has 0 aliphatic rings. The molecule has 2 aromatic rings. The lowest BCUT2D eigenvalue weighted by Crippen LogP contribution is -2.30. The molecule has 21 heavy (non-hydrogen) atoms. The average Bonchev–Trinajstić information content (AvgIpc) is 2.95. The molecule has 0 spiro atoms.